The van der Waals surface area contributed by atoms with E-state index in [2.05, 4.69) is 10.1 Å². The van der Waals surface area contributed by atoms with Gasteiger partial charge in [-0.25, -0.2) is 9.37 Å². The Labute approximate surface area is 77.7 Å². The van der Waals surface area contributed by atoms with Gasteiger partial charge in [0, 0.05) is 0 Å². The van der Waals surface area contributed by atoms with Crippen LogP contribution in [0.4, 0.5) is 4.39 Å². The largest absolute Gasteiger partial charge is 0.323 e. The Balaban J connectivity index is 2.62. The molecule has 0 aliphatic rings. The van der Waals surface area contributed by atoms with Crippen LogP contribution in [-0.2, 0) is 0 Å². The highest BCUT2D eigenvalue weighted by molar-refractivity contribution is 7.20. The molecule has 0 saturated carbocycles. The van der Waals surface area contributed by atoms with Crippen LogP contribution in [0.5, 0.6) is 0 Å². The molecule has 66 valence electrons. The number of hydrogen-bond donors (Lipinski definition) is 1. The van der Waals surface area contributed by atoms with Gasteiger partial charge in [0.15, 0.2) is 0 Å². The van der Waals surface area contributed by atoms with E-state index < -0.39 is 0 Å². The Morgan fingerprint density at radius 3 is 3.15 bits per heavy atom. The summed E-state index contributed by atoms with van der Waals surface area (Å²) in [6.07, 6.45) is 1.45. The van der Waals surface area contributed by atoms with Gasteiger partial charge in [0.1, 0.15) is 10.8 Å². The van der Waals surface area contributed by atoms with E-state index in [-0.39, 0.29) is 5.82 Å². The molecule has 0 radical (unpaired) electrons. The fourth-order valence-electron chi connectivity index (χ4n) is 1.04. The van der Waals surface area contributed by atoms with Crippen molar-refractivity contribution in [3.05, 3.63) is 29.0 Å². The van der Waals surface area contributed by atoms with E-state index in [4.69, 9.17) is 5.84 Å². The molecule has 2 N–H and O–H groups in total. The molecule has 0 atom stereocenters. The molecule has 0 aliphatic carbocycles. The minimum Gasteiger partial charge on any atom is -0.323 e. The molecule has 0 bridgehead atoms. The van der Waals surface area contributed by atoms with Crippen molar-refractivity contribution in [2.75, 3.05) is 0 Å². The molecule has 0 spiro atoms. The molecule has 2 aromatic rings. The quantitative estimate of drug-likeness (QED) is 0.428. The number of aromatic nitrogens is 1. The maximum absolute atomic E-state index is 12.8. The highest BCUT2D eigenvalue weighted by Gasteiger charge is 2.02. The average molecular weight is 195 g/mol. The van der Waals surface area contributed by atoms with Gasteiger partial charge in [-0.05, 0) is 18.2 Å². The van der Waals surface area contributed by atoms with Gasteiger partial charge >= 0.3 is 0 Å². The Morgan fingerprint density at radius 2 is 2.38 bits per heavy atom. The van der Waals surface area contributed by atoms with Gasteiger partial charge in [-0.2, -0.15) is 5.10 Å². The number of benzene rings is 1. The molecule has 0 saturated heterocycles. The third kappa shape index (κ3) is 1.50. The Hall–Kier alpha value is -1.49. The minimum absolute atomic E-state index is 0.257. The zero-order chi connectivity index (χ0) is 9.26. The molecule has 3 nitrogen and oxygen atoms in total. The number of nitrogens with two attached hydrogens (primary N) is 1. The van der Waals surface area contributed by atoms with Gasteiger partial charge in [-0.1, -0.05) is 0 Å². The van der Waals surface area contributed by atoms with Crippen molar-refractivity contribution in [3.8, 4) is 0 Å². The van der Waals surface area contributed by atoms with Crippen LogP contribution in [0.15, 0.2) is 23.3 Å². The monoisotopic (exact) mass is 195 g/mol. The van der Waals surface area contributed by atoms with Gasteiger partial charge in [-0.3, -0.25) is 0 Å². The molecule has 1 aromatic heterocycles. The van der Waals surface area contributed by atoms with Crippen molar-refractivity contribution < 1.29 is 4.39 Å². The summed E-state index contributed by atoms with van der Waals surface area (Å²) in [5, 5.41) is 4.04. The SMILES string of the molecule is N/N=C/c1nc2ccc(F)cc2s1. The van der Waals surface area contributed by atoms with Crippen molar-refractivity contribution in [3.63, 3.8) is 0 Å². The summed E-state index contributed by atoms with van der Waals surface area (Å²) in [7, 11) is 0. The summed E-state index contributed by atoms with van der Waals surface area (Å²) in [5.74, 6) is 4.72. The Bertz CT molecular complexity index is 463. The number of thiazole rings is 1. The van der Waals surface area contributed by atoms with Crippen molar-refractivity contribution in [1.82, 2.24) is 4.98 Å². The van der Waals surface area contributed by atoms with E-state index in [9.17, 15) is 4.39 Å². The highest BCUT2D eigenvalue weighted by Crippen LogP contribution is 2.21. The van der Waals surface area contributed by atoms with Crippen molar-refractivity contribution >= 4 is 27.8 Å². The summed E-state index contributed by atoms with van der Waals surface area (Å²) in [5.41, 5.74) is 0.765. The molecule has 1 aromatic carbocycles. The van der Waals surface area contributed by atoms with Crippen LogP contribution in [0.3, 0.4) is 0 Å². The molecule has 13 heavy (non-hydrogen) atoms. The molecule has 0 unspecified atom stereocenters. The normalized spacial score (nSPS) is 11.5. The third-order valence-corrected chi connectivity index (χ3v) is 2.50. The van der Waals surface area contributed by atoms with Crippen LogP contribution >= 0.6 is 11.3 Å². The van der Waals surface area contributed by atoms with Crippen molar-refractivity contribution in [1.29, 1.82) is 0 Å². The lowest BCUT2D eigenvalue weighted by atomic mass is 10.3. The summed E-state index contributed by atoms with van der Waals surface area (Å²) < 4.78 is 13.6. The molecule has 1 heterocycles. The third-order valence-electron chi connectivity index (χ3n) is 1.55. The second-order valence-corrected chi connectivity index (χ2v) is 3.50. The number of hydrogen-bond acceptors (Lipinski definition) is 4. The smallest absolute Gasteiger partial charge is 0.137 e. The zero-order valence-electron chi connectivity index (χ0n) is 6.57. The van der Waals surface area contributed by atoms with Gasteiger partial charge in [0.05, 0.1) is 16.4 Å². The molecule has 2 rings (SSSR count). The second-order valence-electron chi connectivity index (χ2n) is 2.44. The Morgan fingerprint density at radius 1 is 1.54 bits per heavy atom. The highest BCUT2D eigenvalue weighted by atomic mass is 32.1. The summed E-state index contributed by atoms with van der Waals surface area (Å²) >= 11 is 1.36. The van der Waals surface area contributed by atoms with Crippen LogP contribution in [0, 0.1) is 5.82 Å². The van der Waals surface area contributed by atoms with Gasteiger partial charge in [-0.15, -0.1) is 11.3 Å². The Kier molecular flexibility index (Phi) is 1.94. The molecular formula is C8H6FN3S. The van der Waals surface area contributed by atoms with Crippen LogP contribution in [0.2, 0.25) is 0 Å². The first-order valence-electron chi connectivity index (χ1n) is 3.59. The number of fused-ring (bicyclic) bond motifs is 1. The topological polar surface area (TPSA) is 51.3 Å². The van der Waals surface area contributed by atoms with Crippen LogP contribution < -0.4 is 5.84 Å². The summed E-state index contributed by atoms with van der Waals surface area (Å²) in [6.45, 7) is 0. The van der Waals surface area contributed by atoms with Crippen LogP contribution in [0.25, 0.3) is 10.2 Å². The lowest BCUT2D eigenvalue weighted by Gasteiger charge is -1.85. The first-order chi connectivity index (χ1) is 6.29. The van der Waals surface area contributed by atoms with E-state index in [1.807, 2.05) is 0 Å². The fourth-order valence-corrected chi connectivity index (χ4v) is 1.91. The minimum atomic E-state index is -0.257. The standard InChI is InChI=1S/C8H6FN3S/c9-5-1-2-6-7(3-5)13-8(12-6)4-11-10/h1-4H,10H2/b11-4+. The molecule has 0 aliphatic heterocycles. The number of nitrogens with zero attached hydrogens (tertiary/aromatic N) is 2. The summed E-state index contributed by atoms with van der Waals surface area (Å²) in [4.78, 5) is 4.17. The van der Waals surface area contributed by atoms with Gasteiger partial charge in [0.25, 0.3) is 0 Å². The first kappa shape index (κ1) is 8.12. The lowest BCUT2D eigenvalue weighted by molar-refractivity contribution is 0.630. The first-order valence-corrected chi connectivity index (χ1v) is 4.40. The van der Waals surface area contributed by atoms with E-state index >= 15 is 0 Å². The zero-order valence-corrected chi connectivity index (χ0v) is 7.38. The molecule has 0 amide bonds. The van der Waals surface area contributed by atoms with E-state index in [1.165, 1.54) is 29.7 Å². The van der Waals surface area contributed by atoms with Gasteiger partial charge in [0.2, 0.25) is 0 Å². The number of rotatable bonds is 1. The molecule has 5 heteroatoms. The van der Waals surface area contributed by atoms with Gasteiger partial charge < -0.3 is 5.84 Å². The second kappa shape index (κ2) is 3.10. The van der Waals surface area contributed by atoms with Crippen molar-refractivity contribution in [2.24, 2.45) is 10.9 Å². The van der Waals surface area contributed by atoms with E-state index in [0.29, 0.717) is 5.01 Å². The fraction of sp³-hybridized carbons (Fsp3) is 0. The van der Waals surface area contributed by atoms with Crippen LogP contribution in [0.1, 0.15) is 5.01 Å². The predicted octanol–water partition coefficient (Wildman–Crippen LogP) is 1.73. The molecule has 0 fully saturated rings. The predicted molar refractivity (Wildman–Crippen MR) is 51.4 cm³/mol. The maximum Gasteiger partial charge on any atom is 0.137 e. The van der Waals surface area contributed by atoms with Crippen LogP contribution in [-0.4, -0.2) is 11.2 Å². The van der Waals surface area contributed by atoms with E-state index in [0.717, 1.165) is 10.2 Å². The number of halogens is 1. The number of hydrazone groups is 1. The van der Waals surface area contributed by atoms with Crippen molar-refractivity contribution in [2.45, 2.75) is 0 Å². The lowest BCUT2D eigenvalue weighted by Crippen LogP contribution is -1.83. The molecular weight excluding hydrogens is 189 g/mol. The average Bonchev–Trinajstić information content (AvgIpc) is 2.46. The van der Waals surface area contributed by atoms with E-state index in [1.54, 1.807) is 6.07 Å². The summed E-state index contributed by atoms with van der Waals surface area (Å²) in [6, 6.07) is 4.46. The maximum atomic E-state index is 12.8.